The van der Waals surface area contributed by atoms with E-state index in [0.717, 1.165) is 49.7 Å². The van der Waals surface area contributed by atoms with Gasteiger partial charge in [-0.2, -0.15) is 0 Å². The predicted molar refractivity (Wildman–Crippen MR) is 143 cm³/mol. The van der Waals surface area contributed by atoms with E-state index in [1.165, 1.54) is 11.8 Å². The Morgan fingerprint density at radius 2 is 1.94 bits per heavy atom. The van der Waals surface area contributed by atoms with E-state index < -0.39 is 0 Å². The Kier molecular flexibility index (Phi) is 8.26. The van der Waals surface area contributed by atoms with E-state index in [4.69, 9.17) is 30.8 Å². The lowest BCUT2D eigenvalue weighted by Gasteiger charge is -2.28. The first-order valence-electron chi connectivity index (χ1n) is 11.6. The second-order valence-electron chi connectivity index (χ2n) is 8.36. The first-order valence-corrected chi connectivity index (χ1v) is 12.8. The van der Waals surface area contributed by atoms with Crippen molar-refractivity contribution in [1.29, 1.82) is 0 Å². The van der Waals surface area contributed by atoms with Crippen molar-refractivity contribution in [3.63, 3.8) is 0 Å². The summed E-state index contributed by atoms with van der Waals surface area (Å²) in [5.41, 5.74) is 2.69. The lowest BCUT2D eigenvalue weighted by Crippen LogP contribution is -2.36. The molecule has 0 aliphatic carbocycles. The Balaban J connectivity index is 1.53. The maximum Gasteiger partial charge on any atom is 0.266 e. The van der Waals surface area contributed by atoms with Gasteiger partial charge >= 0.3 is 0 Å². The SMILES string of the molecule is CC[C@H](C)Oc1c(Cl)cc(/C=C2\SC(=Nc3ccc(N4CCOCC4)cc3)N(C)C2=O)cc1OC. The number of anilines is 1. The molecule has 0 N–H and O–H groups in total. The Hall–Kier alpha value is -2.68. The van der Waals surface area contributed by atoms with E-state index in [1.807, 2.05) is 32.0 Å². The number of amidine groups is 1. The van der Waals surface area contributed by atoms with Crippen LogP contribution in [0.4, 0.5) is 11.4 Å². The highest BCUT2D eigenvalue weighted by Gasteiger charge is 2.30. The van der Waals surface area contributed by atoms with Crippen molar-refractivity contribution >= 4 is 51.9 Å². The number of carbonyl (C=O) groups excluding carboxylic acids is 1. The van der Waals surface area contributed by atoms with Crippen molar-refractivity contribution in [2.45, 2.75) is 26.4 Å². The first-order chi connectivity index (χ1) is 16.9. The number of hydrogen-bond donors (Lipinski definition) is 0. The van der Waals surface area contributed by atoms with Crippen molar-refractivity contribution in [3.8, 4) is 11.5 Å². The van der Waals surface area contributed by atoms with Crippen molar-refractivity contribution in [2.75, 3.05) is 45.4 Å². The number of amides is 1. The molecule has 7 nitrogen and oxygen atoms in total. The topological polar surface area (TPSA) is 63.6 Å². The molecule has 4 rings (SSSR count). The Labute approximate surface area is 215 Å². The summed E-state index contributed by atoms with van der Waals surface area (Å²) in [5.74, 6) is 0.923. The Morgan fingerprint density at radius 1 is 1.23 bits per heavy atom. The molecule has 0 unspecified atom stereocenters. The summed E-state index contributed by atoms with van der Waals surface area (Å²) >= 11 is 7.83. The maximum absolute atomic E-state index is 12.9. The molecule has 2 aromatic carbocycles. The quantitative estimate of drug-likeness (QED) is 0.447. The second-order valence-corrected chi connectivity index (χ2v) is 9.77. The second kappa shape index (κ2) is 11.4. The average Bonchev–Trinajstić information content (AvgIpc) is 3.13. The molecular weight excluding hydrogens is 486 g/mol. The molecule has 2 saturated heterocycles. The van der Waals surface area contributed by atoms with Gasteiger partial charge in [-0.1, -0.05) is 18.5 Å². The minimum atomic E-state index is -0.117. The number of carbonyl (C=O) groups is 1. The van der Waals surface area contributed by atoms with Crippen LogP contribution in [-0.2, 0) is 9.53 Å². The fourth-order valence-electron chi connectivity index (χ4n) is 3.70. The number of nitrogens with zero attached hydrogens (tertiary/aromatic N) is 3. The molecule has 0 radical (unpaired) electrons. The van der Waals surface area contributed by atoms with Gasteiger partial charge in [-0.25, -0.2) is 4.99 Å². The van der Waals surface area contributed by atoms with Crippen LogP contribution in [0.2, 0.25) is 5.02 Å². The Bertz CT molecular complexity index is 1130. The number of halogens is 1. The number of morpholine rings is 1. The van der Waals surface area contributed by atoms with Crippen LogP contribution in [-0.4, -0.2) is 62.5 Å². The number of rotatable bonds is 7. The highest BCUT2D eigenvalue weighted by Crippen LogP contribution is 2.40. The summed E-state index contributed by atoms with van der Waals surface area (Å²) in [6.45, 7) is 7.28. The minimum absolute atomic E-state index is 0.00734. The lowest BCUT2D eigenvalue weighted by molar-refractivity contribution is -0.121. The van der Waals surface area contributed by atoms with Crippen LogP contribution < -0.4 is 14.4 Å². The van der Waals surface area contributed by atoms with Gasteiger partial charge in [-0.3, -0.25) is 9.69 Å². The van der Waals surface area contributed by atoms with E-state index in [1.54, 1.807) is 31.2 Å². The van der Waals surface area contributed by atoms with Gasteiger partial charge in [-0.15, -0.1) is 0 Å². The van der Waals surface area contributed by atoms with Gasteiger partial charge in [0.25, 0.3) is 5.91 Å². The van der Waals surface area contributed by atoms with Gasteiger partial charge in [0.05, 0.1) is 42.0 Å². The zero-order valence-electron chi connectivity index (χ0n) is 20.4. The highest BCUT2D eigenvalue weighted by atomic mass is 35.5. The summed E-state index contributed by atoms with van der Waals surface area (Å²) in [4.78, 5) is 22.0. The molecule has 0 spiro atoms. The van der Waals surface area contributed by atoms with Crippen LogP contribution in [0.5, 0.6) is 11.5 Å². The molecule has 2 heterocycles. The summed E-state index contributed by atoms with van der Waals surface area (Å²) in [6, 6.07) is 11.7. The van der Waals surface area contributed by atoms with E-state index in [-0.39, 0.29) is 12.0 Å². The monoisotopic (exact) mass is 515 g/mol. The smallest absolute Gasteiger partial charge is 0.266 e. The largest absolute Gasteiger partial charge is 0.493 e. The third-order valence-electron chi connectivity index (χ3n) is 5.90. The lowest BCUT2D eigenvalue weighted by atomic mass is 10.1. The molecule has 2 aromatic rings. The summed E-state index contributed by atoms with van der Waals surface area (Å²) in [5, 5.41) is 1.06. The van der Waals surface area contributed by atoms with Crippen LogP contribution in [0, 0.1) is 0 Å². The fraction of sp³-hybridized carbons (Fsp3) is 0.385. The first kappa shape index (κ1) is 25.4. The van der Waals surface area contributed by atoms with Crippen LogP contribution in [0.15, 0.2) is 46.3 Å². The third-order valence-corrected chi connectivity index (χ3v) is 7.24. The molecule has 0 saturated carbocycles. The van der Waals surface area contributed by atoms with E-state index in [2.05, 4.69) is 17.0 Å². The van der Waals surface area contributed by atoms with Gasteiger partial charge < -0.3 is 19.1 Å². The molecular formula is C26H30ClN3O4S. The zero-order chi connectivity index (χ0) is 24.9. The van der Waals surface area contributed by atoms with Gasteiger partial charge in [0.1, 0.15) is 0 Å². The molecule has 2 aliphatic heterocycles. The van der Waals surface area contributed by atoms with E-state index >= 15 is 0 Å². The Morgan fingerprint density at radius 3 is 2.60 bits per heavy atom. The molecule has 35 heavy (non-hydrogen) atoms. The molecule has 1 atom stereocenters. The normalized spacial score (nSPS) is 19.5. The number of thioether (sulfide) groups is 1. The number of ether oxygens (including phenoxy) is 3. The summed E-state index contributed by atoms with van der Waals surface area (Å²) in [7, 11) is 3.30. The number of hydrogen-bond acceptors (Lipinski definition) is 7. The summed E-state index contributed by atoms with van der Waals surface area (Å²) in [6.07, 6.45) is 2.66. The van der Waals surface area contributed by atoms with Crippen LogP contribution in [0.25, 0.3) is 6.08 Å². The number of aliphatic imine (C=N–C) groups is 1. The molecule has 0 aromatic heterocycles. The van der Waals surface area contributed by atoms with Crippen LogP contribution in [0.1, 0.15) is 25.8 Å². The standard InChI is InChI=1S/C26H30ClN3O4S/c1-5-17(2)34-24-21(27)14-18(15-22(24)32-4)16-23-25(31)29(3)26(35-23)28-19-6-8-20(9-7-19)30-10-12-33-13-11-30/h6-9,14-17H,5,10-13H2,1-4H3/b23-16-,28-26?/t17-/m0/s1. The number of benzene rings is 2. The molecule has 2 fully saturated rings. The molecule has 186 valence electrons. The van der Waals surface area contributed by atoms with Gasteiger partial charge in [0.2, 0.25) is 0 Å². The van der Waals surface area contributed by atoms with Crippen LogP contribution in [0.3, 0.4) is 0 Å². The van der Waals surface area contributed by atoms with Crippen molar-refractivity contribution in [3.05, 3.63) is 51.9 Å². The van der Waals surface area contributed by atoms with Gasteiger partial charge in [0, 0.05) is 25.8 Å². The van der Waals surface area contributed by atoms with Gasteiger partial charge in [-0.05, 0) is 73.1 Å². The zero-order valence-corrected chi connectivity index (χ0v) is 22.0. The molecule has 2 aliphatic rings. The highest BCUT2D eigenvalue weighted by molar-refractivity contribution is 8.18. The predicted octanol–water partition coefficient (Wildman–Crippen LogP) is 5.60. The van der Waals surface area contributed by atoms with Gasteiger partial charge in [0.15, 0.2) is 16.7 Å². The molecule has 9 heteroatoms. The fourth-order valence-corrected chi connectivity index (χ4v) is 4.95. The van der Waals surface area contributed by atoms with Crippen molar-refractivity contribution in [2.24, 2.45) is 4.99 Å². The van der Waals surface area contributed by atoms with E-state index in [9.17, 15) is 4.79 Å². The molecule has 1 amide bonds. The number of methoxy groups -OCH3 is 1. The van der Waals surface area contributed by atoms with Crippen molar-refractivity contribution in [1.82, 2.24) is 4.90 Å². The van der Waals surface area contributed by atoms with Crippen molar-refractivity contribution < 1.29 is 19.0 Å². The maximum atomic E-state index is 12.9. The summed E-state index contributed by atoms with van der Waals surface area (Å²) < 4.78 is 16.9. The third kappa shape index (κ3) is 5.94. The molecule has 0 bridgehead atoms. The number of likely N-dealkylation sites (N-methyl/N-ethyl adjacent to an activating group) is 1. The van der Waals surface area contributed by atoms with E-state index in [0.29, 0.717) is 26.6 Å². The minimum Gasteiger partial charge on any atom is -0.493 e. The van der Waals surface area contributed by atoms with Crippen LogP contribution >= 0.6 is 23.4 Å². The average molecular weight is 516 g/mol.